The Hall–Kier alpha value is -2.67. The second-order valence-corrected chi connectivity index (χ2v) is 11.6. The molecule has 0 saturated carbocycles. The maximum absolute atomic E-state index is 13.2. The van der Waals surface area contributed by atoms with Gasteiger partial charge < -0.3 is 15.0 Å². The minimum Gasteiger partial charge on any atom is -0.376 e. The monoisotopic (exact) mass is 527 g/mol. The number of pyridine rings is 1. The number of aliphatic hydroxyl groups is 1. The van der Waals surface area contributed by atoms with Gasteiger partial charge in [0.1, 0.15) is 4.21 Å². The van der Waals surface area contributed by atoms with Crippen molar-refractivity contribution in [2.24, 2.45) is 0 Å². The fraction of sp³-hybridized carbons (Fsp3) is 0.348. The van der Waals surface area contributed by atoms with E-state index >= 15 is 0 Å². The fourth-order valence-electron chi connectivity index (χ4n) is 4.13. The maximum atomic E-state index is 13.2. The van der Waals surface area contributed by atoms with Gasteiger partial charge in [0.25, 0.3) is 10.0 Å². The van der Waals surface area contributed by atoms with Crippen LogP contribution in [-0.4, -0.2) is 54.7 Å². The minimum atomic E-state index is -4.83. The molecule has 0 spiro atoms. The number of alkyl halides is 3. The van der Waals surface area contributed by atoms with Crippen LogP contribution in [0.15, 0.2) is 69.1 Å². The van der Waals surface area contributed by atoms with Crippen LogP contribution < -0.4 is 10.5 Å². The van der Waals surface area contributed by atoms with E-state index in [2.05, 4.69) is 4.98 Å². The van der Waals surface area contributed by atoms with Crippen LogP contribution in [0.3, 0.4) is 0 Å². The maximum Gasteiger partial charge on any atom is 0.421 e. The SMILES string of the molecule is CC(O)(c1ccc(N2CCN(S(=O)(=O)c3cccs3)CC2Cc2cc[nH]c(=O)c2)cc1)C(F)(F)F. The first kappa shape index (κ1) is 25.4. The van der Waals surface area contributed by atoms with Crippen LogP contribution in [0.1, 0.15) is 18.1 Å². The lowest BCUT2D eigenvalue weighted by molar-refractivity contribution is -0.258. The second-order valence-electron chi connectivity index (χ2n) is 8.52. The standard InChI is InChI=1S/C23H24F3N3O4S2/c1-22(31,23(24,25)26)17-4-6-18(7-5-17)29-11-10-28(35(32,33)21-3-2-12-34-21)15-19(29)13-16-8-9-27-20(30)14-16/h2-9,12,14,19,31H,10-11,13,15H2,1H3,(H,27,30). The normalized spacial score (nSPS) is 19.5. The molecular weight excluding hydrogens is 503 g/mol. The molecule has 0 amide bonds. The third kappa shape index (κ3) is 5.15. The Kier molecular flexibility index (Phi) is 6.84. The van der Waals surface area contributed by atoms with Crippen molar-refractivity contribution in [3.05, 3.63) is 81.6 Å². The first-order valence-corrected chi connectivity index (χ1v) is 13.1. The van der Waals surface area contributed by atoms with Crippen LogP contribution in [0.4, 0.5) is 18.9 Å². The highest BCUT2D eigenvalue weighted by atomic mass is 32.2. The summed E-state index contributed by atoms with van der Waals surface area (Å²) in [6.45, 7) is 1.32. The predicted octanol–water partition coefficient (Wildman–Crippen LogP) is 3.33. The second kappa shape index (κ2) is 9.41. The van der Waals surface area contributed by atoms with E-state index in [4.69, 9.17) is 0 Å². The molecule has 2 N–H and O–H groups in total. The summed E-state index contributed by atoms with van der Waals surface area (Å²) in [5.41, 5.74) is -2.28. The van der Waals surface area contributed by atoms with Crippen LogP contribution >= 0.6 is 11.3 Å². The van der Waals surface area contributed by atoms with E-state index in [0.29, 0.717) is 31.1 Å². The molecule has 0 bridgehead atoms. The number of nitrogens with one attached hydrogen (secondary N) is 1. The number of halogens is 3. The Morgan fingerprint density at radius 2 is 1.86 bits per heavy atom. The number of rotatable bonds is 6. The van der Waals surface area contributed by atoms with Crippen molar-refractivity contribution in [1.82, 2.24) is 9.29 Å². The Labute approximate surface area is 204 Å². The van der Waals surface area contributed by atoms with Crippen molar-refractivity contribution in [3.8, 4) is 0 Å². The van der Waals surface area contributed by atoms with Crippen LogP contribution in [-0.2, 0) is 22.0 Å². The van der Waals surface area contributed by atoms with Crippen molar-refractivity contribution < 1.29 is 26.7 Å². The van der Waals surface area contributed by atoms with Crippen LogP contribution in [0.5, 0.6) is 0 Å². The van der Waals surface area contributed by atoms with E-state index in [9.17, 15) is 31.5 Å². The molecule has 1 aromatic carbocycles. The number of aromatic amines is 1. The lowest BCUT2D eigenvalue weighted by atomic mass is 9.94. The van der Waals surface area contributed by atoms with Crippen molar-refractivity contribution in [1.29, 1.82) is 0 Å². The Bertz CT molecular complexity index is 1320. The third-order valence-corrected chi connectivity index (χ3v) is 9.40. The zero-order valence-electron chi connectivity index (χ0n) is 18.7. The van der Waals surface area contributed by atoms with Crippen LogP contribution in [0, 0.1) is 0 Å². The number of aromatic nitrogens is 1. The van der Waals surface area contributed by atoms with Gasteiger partial charge in [0.05, 0.1) is 0 Å². The molecule has 2 unspecified atom stereocenters. The zero-order chi connectivity index (χ0) is 25.4. The zero-order valence-corrected chi connectivity index (χ0v) is 20.3. The summed E-state index contributed by atoms with van der Waals surface area (Å²) in [5.74, 6) is 0. The van der Waals surface area contributed by atoms with Gasteiger partial charge in [-0.25, -0.2) is 8.42 Å². The number of benzene rings is 1. The largest absolute Gasteiger partial charge is 0.421 e. The van der Waals surface area contributed by atoms with E-state index < -0.39 is 21.8 Å². The molecule has 0 radical (unpaired) electrons. The molecule has 4 rings (SSSR count). The molecule has 1 saturated heterocycles. The highest BCUT2D eigenvalue weighted by Gasteiger charge is 2.51. The molecule has 35 heavy (non-hydrogen) atoms. The number of thiophene rings is 1. The summed E-state index contributed by atoms with van der Waals surface area (Å²) in [6.07, 6.45) is -2.97. The van der Waals surface area contributed by atoms with Gasteiger partial charge in [-0.15, -0.1) is 11.3 Å². The quantitative estimate of drug-likeness (QED) is 0.513. The van der Waals surface area contributed by atoms with E-state index in [0.717, 1.165) is 11.3 Å². The topological polar surface area (TPSA) is 93.7 Å². The van der Waals surface area contributed by atoms with Gasteiger partial charge in [0, 0.05) is 43.6 Å². The van der Waals surface area contributed by atoms with Gasteiger partial charge in [0.15, 0.2) is 5.60 Å². The van der Waals surface area contributed by atoms with Gasteiger partial charge in [-0.2, -0.15) is 17.5 Å². The minimum absolute atomic E-state index is 0.134. The van der Waals surface area contributed by atoms with E-state index in [1.807, 2.05) is 4.90 Å². The molecular formula is C23H24F3N3O4S2. The molecule has 2 aromatic heterocycles. The molecule has 1 fully saturated rings. The first-order valence-electron chi connectivity index (χ1n) is 10.8. The third-order valence-electron chi connectivity index (χ3n) is 6.16. The fourth-order valence-corrected chi connectivity index (χ4v) is 6.74. The van der Waals surface area contributed by atoms with Crippen molar-refractivity contribution in [2.75, 3.05) is 24.5 Å². The molecule has 7 nitrogen and oxygen atoms in total. The number of anilines is 1. The van der Waals surface area contributed by atoms with Gasteiger partial charge >= 0.3 is 6.18 Å². The summed E-state index contributed by atoms with van der Waals surface area (Å²) in [4.78, 5) is 16.3. The molecule has 2 atom stereocenters. The lowest BCUT2D eigenvalue weighted by Gasteiger charge is -2.42. The van der Waals surface area contributed by atoms with Crippen molar-refractivity contribution in [3.63, 3.8) is 0 Å². The van der Waals surface area contributed by atoms with Crippen molar-refractivity contribution >= 4 is 27.0 Å². The van der Waals surface area contributed by atoms with E-state index in [1.54, 1.807) is 23.6 Å². The van der Waals surface area contributed by atoms with Gasteiger partial charge in [-0.05, 0) is 54.1 Å². The van der Waals surface area contributed by atoms with Crippen molar-refractivity contribution in [2.45, 2.75) is 35.4 Å². The number of H-pyrrole nitrogens is 1. The van der Waals surface area contributed by atoms with Gasteiger partial charge in [-0.3, -0.25) is 4.79 Å². The predicted molar refractivity (Wildman–Crippen MR) is 127 cm³/mol. The number of nitrogens with zero attached hydrogens (tertiary/aromatic N) is 2. The summed E-state index contributed by atoms with van der Waals surface area (Å²) in [6, 6.07) is 11.4. The molecule has 12 heteroatoms. The number of hydrogen-bond donors (Lipinski definition) is 2. The molecule has 1 aliphatic heterocycles. The summed E-state index contributed by atoms with van der Waals surface area (Å²) in [5, 5.41) is 11.7. The average molecular weight is 528 g/mol. The molecule has 3 aromatic rings. The smallest absolute Gasteiger partial charge is 0.376 e. The molecule has 3 heterocycles. The Morgan fingerprint density at radius 3 is 2.46 bits per heavy atom. The highest BCUT2D eigenvalue weighted by molar-refractivity contribution is 7.91. The Balaban J connectivity index is 1.64. The number of hydrogen-bond acceptors (Lipinski definition) is 6. The van der Waals surface area contributed by atoms with Crippen LogP contribution in [0.25, 0.3) is 0 Å². The summed E-state index contributed by atoms with van der Waals surface area (Å²) >= 11 is 1.13. The molecule has 0 aliphatic carbocycles. The van der Waals surface area contributed by atoms with E-state index in [-0.39, 0.29) is 34.5 Å². The number of sulfonamides is 1. The summed E-state index contributed by atoms with van der Waals surface area (Å²) < 4.78 is 67.6. The van der Waals surface area contributed by atoms with Gasteiger partial charge in [0.2, 0.25) is 5.56 Å². The summed E-state index contributed by atoms with van der Waals surface area (Å²) in [7, 11) is -3.70. The highest BCUT2D eigenvalue weighted by Crippen LogP contribution is 2.39. The lowest BCUT2D eigenvalue weighted by Crippen LogP contribution is -2.55. The van der Waals surface area contributed by atoms with E-state index in [1.165, 1.54) is 40.8 Å². The average Bonchev–Trinajstić information content (AvgIpc) is 3.34. The molecule has 188 valence electrons. The first-order chi connectivity index (χ1) is 16.4. The Morgan fingerprint density at radius 1 is 1.14 bits per heavy atom. The number of piperazine rings is 1. The van der Waals surface area contributed by atoms with Gasteiger partial charge in [-0.1, -0.05) is 18.2 Å². The molecule has 1 aliphatic rings. The van der Waals surface area contributed by atoms with Crippen LogP contribution in [0.2, 0.25) is 0 Å².